The normalized spacial score (nSPS) is 12.4. The average molecular weight is 564 g/mol. The van der Waals surface area contributed by atoms with Gasteiger partial charge in [0.15, 0.2) is 0 Å². The van der Waals surface area contributed by atoms with Crippen LogP contribution in [0.2, 0.25) is 0 Å². The van der Waals surface area contributed by atoms with E-state index < -0.39 is 0 Å². The van der Waals surface area contributed by atoms with Gasteiger partial charge in [-0.25, -0.2) is 9.07 Å². The van der Waals surface area contributed by atoms with Crippen LogP contribution < -0.4 is 10.6 Å². The van der Waals surface area contributed by atoms with Gasteiger partial charge in [-0.2, -0.15) is 5.10 Å². The van der Waals surface area contributed by atoms with E-state index in [1.807, 2.05) is 48.7 Å². The highest BCUT2D eigenvalue weighted by molar-refractivity contribution is 7.17. The number of aromatic nitrogens is 3. The summed E-state index contributed by atoms with van der Waals surface area (Å²) in [5.74, 6) is -0.908. The molecule has 2 aromatic carbocycles. The number of halogens is 1. The topological polar surface area (TPSA) is 88.9 Å². The molecule has 2 N–H and O–H groups in total. The number of anilines is 1. The Labute approximate surface area is 240 Å². The Morgan fingerprint density at radius 2 is 1.85 bits per heavy atom. The summed E-state index contributed by atoms with van der Waals surface area (Å²) >= 11 is 1.46. The van der Waals surface area contributed by atoms with Crippen molar-refractivity contribution >= 4 is 34.2 Å². The molecule has 0 saturated carbocycles. The standard InChI is InChI=1S/C32H26FN5O2S/c33-24-14-11-22(12-15-24)30-23(20-38(37-30)25-7-2-1-3-8-25)13-16-28(39)36-32-29(26-9-4-10-27(26)41-32)31(40)35-19-21-6-5-17-34-18-21/h1-3,5-8,11-18,20H,4,9-10,19H2,(H,35,40)(H,36,39)/b16-13+. The number of fused-ring (bicyclic) bond motifs is 1. The maximum absolute atomic E-state index is 13.6. The summed E-state index contributed by atoms with van der Waals surface area (Å²) < 4.78 is 15.3. The lowest BCUT2D eigenvalue weighted by molar-refractivity contribution is -0.111. The van der Waals surface area contributed by atoms with Crippen molar-refractivity contribution in [2.75, 3.05) is 5.32 Å². The number of carbonyl (C=O) groups is 2. The van der Waals surface area contributed by atoms with Crippen molar-refractivity contribution in [1.82, 2.24) is 20.1 Å². The molecule has 0 saturated heterocycles. The van der Waals surface area contributed by atoms with E-state index in [1.54, 1.807) is 35.3 Å². The molecule has 0 fully saturated rings. The van der Waals surface area contributed by atoms with Gasteiger partial charge in [0.2, 0.25) is 5.91 Å². The van der Waals surface area contributed by atoms with E-state index in [9.17, 15) is 14.0 Å². The Bertz CT molecular complexity index is 1730. The fourth-order valence-electron chi connectivity index (χ4n) is 4.88. The molecule has 3 heterocycles. The third-order valence-electron chi connectivity index (χ3n) is 6.86. The van der Waals surface area contributed by atoms with E-state index in [2.05, 4.69) is 15.6 Å². The van der Waals surface area contributed by atoms with Crippen LogP contribution in [0.25, 0.3) is 23.0 Å². The van der Waals surface area contributed by atoms with Gasteiger partial charge in [-0.3, -0.25) is 14.6 Å². The lowest BCUT2D eigenvalue weighted by Crippen LogP contribution is -2.24. The van der Waals surface area contributed by atoms with Crippen LogP contribution in [0.15, 0.2) is 91.4 Å². The molecule has 0 radical (unpaired) electrons. The van der Waals surface area contributed by atoms with Gasteiger partial charge in [-0.15, -0.1) is 11.3 Å². The maximum atomic E-state index is 13.6. The molecule has 1 aliphatic rings. The van der Waals surface area contributed by atoms with Crippen molar-refractivity contribution in [2.24, 2.45) is 0 Å². The average Bonchev–Trinajstić information content (AvgIpc) is 3.71. The Kier molecular flexibility index (Phi) is 7.51. The first-order chi connectivity index (χ1) is 20.0. The van der Waals surface area contributed by atoms with Crippen LogP contribution in [-0.4, -0.2) is 26.6 Å². The van der Waals surface area contributed by atoms with Crippen LogP contribution in [0.1, 0.15) is 38.3 Å². The van der Waals surface area contributed by atoms with Crippen LogP contribution in [0.5, 0.6) is 0 Å². The number of benzene rings is 2. The predicted molar refractivity (Wildman–Crippen MR) is 158 cm³/mol. The second kappa shape index (κ2) is 11.7. The molecule has 6 rings (SSSR count). The zero-order valence-corrected chi connectivity index (χ0v) is 22.8. The largest absolute Gasteiger partial charge is 0.348 e. The van der Waals surface area contributed by atoms with Gasteiger partial charge in [-0.05, 0) is 78.9 Å². The second-order valence-corrected chi connectivity index (χ2v) is 10.8. The number of carbonyl (C=O) groups excluding carboxylic acids is 2. The van der Waals surface area contributed by atoms with Crippen LogP contribution in [0.4, 0.5) is 9.39 Å². The molecule has 0 unspecified atom stereocenters. The molecule has 0 spiro atoms. The van der Waals surface area contributed by atoms with Gasteiger partial charge in [0.05, 0.1) is 16.9 Å². The van der Waals surface area contributed by atoms with Gasteiger partial charge in [-0.1, -0.05) is 24.3 Å². The fourth-order valence-corrected chi connectivity index (χ4v) is 6.17. The summed E-state index contributed by atoms with van der Waals surface area (Å²) in [6, 6.07) is 19.4. The third-order valence-corrected chi connectivity index (χ3v) is 8.06. The number of amides is 2. The Hall–Kier alpha value is -4.89. The summed E-state index contributed by atoms with van der Waals surface area (Å²) in [5.41, 5.74) is 5.34. The molecular weight excluding hydrogens is 537 g/mol. The van der Waals surface area contributed by atoms with Crippen molar-refractivity contribution in [3.05, 3.63) is 124 Å². The summed E-state index contributed by atoms with van der Waals surface area (Å²) in [6.45, 7) is 0.349. The van der Waals surface area contributed by atoms with Gasteiger partial charge in [0.1, 0.15) is 10.8 Å². The quantitative estimate of drug-likeness (QED) is 0.220. The molecule has 204 valence electrons. The molecule has 7 nitrogen and oxygen atoms in total. The van der Waals surface area contributed by atoms with Gasteiger partial charge in [0, 0.05) is 47.2 Å². The summed E-state index contributed by atoms with van der Waals surface area (Å²) in [4.78, 5) is 31.6. The van der Waals surface area contributed by atoms with E-state index in [-0.39, 0.29) is 17.6 Å². The SMILES string of the molecule is O=C(/C=C/c1cn(-c2ccccc2)nc1-c1ccc(F)cc1)Nc1sc2c(c1C(=O)NCc1cccnc1)CCC2. The zero-order valence-electron chi connectivity index (χ0n) is 22.0. The lowest BCUT2D eigenvalue weighted by atomic mass is 10.1. The third kappa shape index (κ3) is 5.85. The zero-order chi connectivity index (χ0) is 28.2. The van der Waals surface area contributed by atoms with E-state index in [4.69, 9.17) is 5.10 Å². The van der Waals surface area contributed by atoms with E-state index in [1.165, 1.54) is 29.5 Å². The van der Waals surface area contributed by atoms with E-state index in [0.717, 1.165) is 46.5 Å². The van der Waals surface area contributed by atoms with Gasteiger partial charge in [0.25, 0.3) is 5.91 Å². The minimum atomic E-state index is -0.358. The number of hydrogen-bond donors (Lipinski definition) is 2. The molecule has 41 heavy (non-hydrogen) atoms. The molecule has 9 heteroatoms. The number of pyridine rings is 1. The summed E-state index contributed by atoms with van der Waals surface area (Å²) in [7, 11) is 0. The van der Waals surface area contributed by atoms with Crippen molar-refractivity contribution in [2.45, 2.75) is 25.8 Å². The minimum Gasteiger partial charge on any atom is -0.348 e. The minimum absolute atomic E-state index is 0.213. The van der Waals surface area contributed by atoms with E-state index in [0.29, 0.717) is 28.4 Å². The smallest absolute Gasteiger partial charge is 0.254 e. The molecule has 0 atom stereocenters. The first-order valence-corrected chi connectivity index (χ1v) is 14.1. The number of hydrogen-bond acceptors (Lipinski definition) is 5. The summed E-state index contributed by atoms with van der Waals surface area (Å²) in [5, 5.41) is 11.2. The van der Waals surface area contributed by atoms with Crippen molar-refractivity contribution < 1.29 is 14.0 Å². The number of aryl methyl sites for hydroxylation is 1. The van der Waals surface area contributed by atoms with Gasteiger partial charge >= 0.3 is 0 Å². The number of para-hydroxylation sites is 1. The highest BCUT2D eigenvalue weighted by Crippen LogP contribution is 2.39. The van der Waals surface area contributed by atoms with Crippen LogP contribution in [0.3, 0.4) is 0 Å². The highest BCUT2D eigenvalue weighted by Gasteiger charge is 2.27. The highest BCUT2D eigenvalue weighted by atomic mass is 32.1. The van der Waals surface area contributed by atoms with Gasteiger partial charge < -0.3 is 10.6 Å². The van der Waals surface area contributed by atoms with Crippen molar-refractivity contribution in [1.29, 1.82) is 0 Å². The number of thiophene rings is 1. The Morgan fingerprint density at radius 1 is 1.02 bits per heavy atom. The lowest BCUT2D eigenvalue weighted by Gasteiger charge is -2.09. The summed E-state index contributed by atoms with van der Waals surface area (Å²) in [6.07, 6.45) is 11.1. The Balaban J connectivity index is 1.24. The number of nitrogens with one attached hydrogen (secondary N) is 2. The van der Waals surface area contributed by atoms with Crippen LogP contribution in [-0.2, 0) is 24.2 Å². The molecule has 5 aromatic rings. The molecular formula is C32H26FN5O2S. The molecule has 0 bridgehead atoms. The van der Waals surface area contributed by atoms with Crippen LogP contribution in [0, 0.1) is 5.82 Å². The molecule has 2 amide bonds. The first kappa shape index (κ1) is 26.3. The van der Waals surface area contributed by atoms with Crippen molar-refractivity contribution in [3.63, 3.8) is 0 Å². The van der Waals surface area contributed by atoms with Crippen LogP contribution >= 0.6 is 11.3 Å². The van der Waals surface area contributed by atoms with Crippen molar-refractivity contribution in [3.8, 4) is 16.9 Å². The number of rotatable bonds is 8. The maximum Gasteiger partial charge on any atom is 0.254 e. The number of nitrogens with zero attached hydrogens (tertiary/aromatic N) is 3. The fraction of sp³-hybridized carbons (Fsp3) is 0.125. The first-order valence-electron chi connectivity index (χ1n) is 13.3. The molecule has 3 aromatic heterocycles. The second-order valence-electron chi connectivity index (χ2n) is 9.65. The monoisotopic (exact) mass is 563 g/mol. The molecule has 1 aliphatic carbocycles. The Morgan fingerprint density at radius 3 is 2.63 bits per heavy atom. The predicted octanol–water partition coefficient (Wildman–Crippen LogP) is 6.21. The molecule has 0 aliphatic heterocycles. The van der Waals surface area contributed by atoms with E-state index >= 15 is 0 Å².